The zero-order valence-corrected chi connectivity index (χ0v) is 12.6. The zero-order chi connectivity index (χ0) is 14.7. The van der Waals surface area contributed by atoms with Crippen LogP contribution in [0, 0.1) is 5.41 Å². The Morgan fingerprint density at radius 2 is 2.24 bits per heavy atom. The van der Waals surface area contributed by atoms with Gasteiger partial charge < -0.3 is 16.0 Å². The van der Waals surface area contributed by atoms with E-state index in [4.69, 9.17) is 11.1 Å². The summed E-state index contributed by atoms with van der Waals surface area (Å²) in [7, 11) is 0. The zero-order valence-electron chi connectivity index (χ0n) is 11.7. The fraction of sp³-hybridized carbons (Fsp3) is 0.333. The molecule has 1 atom stereocenters. The van der Waals surface area contributed by atoms with E-state index < -0.39 is 0 Å². The third kappa shape index (κ3) is 3.05. The predicted molar refractivity (Wildman–Crippen MR) is 89.1 cm³/mol. The normalized spacial score (nSPS) is 20.0. The molecule has 1 aromatic carbocycles. The highest BCUT2D eigenvalue weighted by molar-refractivity contribution is 8.16. The summed E-state index contributed by atoms with van der Waals surface area (Å²) in [5.41, 5.74) is 7.79. The molecule has 0 bridgehead atoms. The molecule has 2 aliphatic rings. The molecule has 2 heterocycles. The van der Waals surface area contributed by atoms with Gasteiger partial charge in [0.25, 0.3) is 0 Å². The number of nitrogens with one attached hydrogen (secondary N) is 2. The van der Waals surface area contributed by atoms with Crippen molar-refractivity contribution in [3.8, 4) is 0 Å². The first-order valence-corrected chi connectivity index (χ1v) is 7.97. The average molecular weight is 301 g/mol. The Labute approximate surface area is 128 Å². The molecule has 3 rings (SSSR count). The van der Waals surface area contributed by atoms with E-state index >= 15 is 0 Å². The van der Waals surface area contributed by atoms with Crippen LogP contribution in [0.25, 0.3) is 5.70 Å². The molecule has 0 unspecified atom stereocenters. The smallest absolute Gasteiger partial charge is 0.185 e. The minimum atomic E-state index is 0.0416. The predicted octanol–water partition coefficient (Wildman–Crippen LogP) is 2.04. The second-order valence-electron chi connectivity index (χ2n) is 5.12. The summed E-state index contributed by atoms with van der Waals surface area (Å²) in [4.78, 5) is 6.99. The van der Waals surface area contributed by atoms with E-state index in [1.807, 2.05) is 6.07 Å². The summed E-state index contributed by atoms with van der Waals surface area (Å²) >= 11 is 1.71. The molecule has 6 heteroatoms. The van der Waals surface area contributed by atoms with Crippen LogP contribution in [0.15, 0.2) is 40.7 Å². The largest absolute Gasteiger partial charge is 0.370 e. The molecule has 5 nitrogen and oxygen atoms in total. The molecule has 0 saturated carbocycles. The molecule has 0 radical (unpaired) electrons. The molecule has 1 aromatic rings. The van der Waals surface area contributed by atoms with Gasteiger partial charge in [0.2, 0.25) is 0 Å². The Hall–Kier alpha value is -1.95. The van der Waals surface area contributed by atoms with E-state index in [9.17, 15) is 0 Å². The number of rotatable bonds is 5. The highest BCUT2D eigenvalue weighted by Gasteiger charge is 2.34. The van der Waals surface area contributed by atoms with Crippen LogP contribution in [0.5, 0.6) is 0 Å². The van der Waals surface area contributed by atoms with Gasteiger partial charge in [-0.15, -0.1) is 0 Å². The lowest BCUT2D eigenvalue weighted by Gasteiger charge is -2.26. The third-order valence-corrected chi connectivity index (χ3v) is 4.52. The van der Waals surface area contributed by atoms with E-state index in [1.54, 1.807) is 11.8 Å². The fourth-order valence-electron chi connectivity index (χ4n) is 2.65. The molecule has 4 N–H and O–H groups in total. The summed E-state index contributed by atoms with van der Waals surface area (Å²) in [5.74, 6) is 0.0416. The van der Waals surface area contributed by atoms with Crippen molar-refractivity contribution < 1.29 is 0 Å². The average Bonchev–Trinajstić information content (AvgIpc) is 3.06. The van der Waals surface area contributed by atoms with Crippen molar-refractivity contribution in [2.45, 2.75) is 18.9 Å². The molecule has 0 spiro atoms. The van der Waals surface area contributed by atoms with E-state index in [-0.39, 0.29) is 5.96 Å². The number of thioether (sulfide) groups is 1. The van der Waals surface area contributed by atoms with Gasteiger partial charge in [-0.25, -0.2) is 0 Å². The summed E-state index contributed by atoms with van der Waals surface area (Å²) in [6, 6.07) is 10.9. The number of aliphatic imine (C=N–C) groups is 1. The minimum absolute atomic E-state index is 0.0416. The van der Waals surface area contributed by atoms with Crippen LogP contribution in [0.3, 0.4) is 0 Å². The van der Waals surface area contributed by atoms with Crippen molar-refractivity contribution >= 4 is 28.6 Å². The molecule has 21 heavy (non-hydrogen) atoms. The summed E-state index contributed by atoms with van der Waals surface area (Å²) in [5, 5.41) is 13.3. The summed E-state index contributed by atoms with van der Waals surface area (Å²) < 4.78 is 0. The second-order valence-corrected chi connectivity index (χ2v) is 5.95. The third-order valence-electron chi connectivity index (χ3n) is 3.64. The molecule has 0 amide bonds. The van der Waals surface area contributed by atoms with Crippen molar-refractivity contribution in [2.24, 2.45) is 10.7 Å². The fourth-order valence-corrected chi connectivity index (χ4v) is 3.63. The first kappa shape index (κ1) is 14.0. The highest BCUT2D eigenvalue weighted by atomic mass is 32.2. The number of fused-ring (bicyclic) bond motifs is 1. The van der Waals surface area contributed by atoms with Crippen LogP contribution in [0.2, 0.25) is 0 Å². The van der Waals surface area contributed by atoms with E-state index in [2.05, 4.69) is 44.9 Å². The van der Waals surface area contributed by atoms with Crippen LogP contribution in [0.4, 0.5) is 0 Å². The number of benzene rings is 1. The lowest BCUT2D eigenvalue weighted by molar-refractivity contribution is 0.425. The van der Waals surface area contributed by atoms with Crippen molar-refractivity contribution in [2.75, 3.05) is 13.1 Å². The topological polar surface area (TPSA) is 77.5 Å². The van der Waals surface area contributed by atoms with Crippen molar-refractivity contribution in [1.82, 2.24) is 10.2 Å². The summed E-state index contributed by atoms with van der Waals surface area (Å²) in [6.45, 7) is 1.60. The number of hydrogen-bond donors (Lipinski definition) is 3. The molecule has 110 valence electrons. The van der Waals surface area contributed by atoms with Gasteiger partial charge in [-0.1, -0.05) is 42.1 Å². The Balaban J connectivity index is 1.64. The van der Waals surface area contributed by atoms with Gasteiger partial charge in [-0.3, -0.25) is 10.4 Å². The monoisotopic (exact) mass is 301 g/mol. The van der Waals surface area contributed by atoms with Crippen molar-refractivity contribution in [3.05, 3.63) is 41.3 Å². The molecular formula is C15H19N5S. The van der Waals surface area contributed by atoms with Gasteiger partial charge in [0.05, 0.1) is 18.3 Å². The van der Waals surface area contributed by atoms with Gasteiger partial charge in [0.15, 0.2) is 11.1 Å². The van der Waals surface area contributed by atoms with Crippen molar-refractivity contribution in [1.29, 1.82) is 5.41 Å². The minimum Gasteiger partial charge on any atom is -0.370 e. The van der Waals surface area contributed by atoms with E-state index in [1.165, 1.54) is 11.3 Å². The lowest BCUT2D eigenvalue weighted by atomic mass is 10.1. The first-order valence-electron chi connectivity index (χ1n) is 7.09. The summed E-state index contributed by atoms with van der Waals surface area (Å²) in [6.07, 6.45) is 2.02. The van der Waals surface area contributed by atoms with Gasteiger partial charge in [0.1, 0.15) is 0 Å². The van der Waals surface area contributed by atoms with Crippen LogP contribution in [-0.4, -0.2) is 35.2 Å². The van der Waals surface area contributed by atoms with Crippen LogP contribution in [-0.2, 0) is 0 Å². The van der Waals surface area contributed by atoms with Gasteiger partial charge in [-0.05, 0) is 18.4 Å². The highest BCUT2D eigenvalue weighted by Crippen LogP contribution is 2.38. The number of hydrogen-bond acceptors (Lipinski definition) is 4. The maximum Gasteiger partial charge on any atom is 0.185 e. The Morgan fingerprint density at radius 3 is 3.00 bits per heavy atom. The maximum atomic E-state index is 7.17. The molecular weight excluding hydrogens is 282 g/mol. The van der Waals surface area contributed by atoms with Gasteiger partial charge in [0, 0.05) is 12.0 Å². The maximum absolute atomic E-state index is 7.17. The van der Waals surface area contributed by atoms with Crippen LogP contribution < -0.4 is 11.1 Å². The number of amidine groups is 1. The Kier molecular flexibility index (Phi) is 4.15. The van der Waals surface area contributed by atoms with Gasteiger partial charge >= 0.3 is 0 Å². The molecule has 0 fully saturated rings. The standard InChI is InChI=1S/C15H19N5S/c16-14(17)18-8-4-7-12-9-19-15-20(12)13(10-21-15)11-5-2-1-3-6-11/h1-3,5-6,10,12H,4,7-9H2,(H4,16,17,18)/t12-/m0/s1. The number of nitrogens with zero attached hydrogens (tertiary/aromatic N) is 2. The Morgan fingerprint density at radius 1 is 1.43 bits per heavy atom. The van der Waals surface area contributed by atoms with Gasteiger partial charge in [-0.2, -0.15) is 0 Å². The molecule has 0 saturated heterocycles. The van der Waals surface area contributed by atoms with Crippen LogP contribution >= 0.6 is 11.8 Å². The second kappa shape index (κ2) is 6.22. The number of guanidine groups is 1. The Bertz CT molecular complexity index is 581. The number of nitrogens with two attached hydrogens (primary N) is 1. The molecule has 0 aliphatic carbocycles. The first-order chi connectivity index (χ1) is 10.3. The quantitative estimate of drug-likeness (QED) is 0.442. The lowest BCUT2D eigenvalue weighted by Crippen LogP contribution is -2.34. The molecule has 0 aromatic heterocycles. The SMILES string of the molecule is N=C(N)NCCC[C@H]1CN=C2SC=C(c3ccccc3)N21. The van der Waals surface area contributed by atoms with E-state index in [0.717, 1.165) is 31.1 Å². The van der Waals surface area contributed by atoms with Crippen molar-refractivity contribution in [3.63, 3.8) is 0 Å². The van der Waals surface area contributed by atoms with Crippen LogP contribution in [0.1, 0.15) is 18.4 Å². The molecule has 2 aliphatic heterocycles. The van der Waals surface area contributed by atoms with E-state index in [0.29, 0.717) is 6.04 Å².